The number of nitrogens with two attached hydrogens (primary N) is 1. The number of carbonyl (C=O) groups excluding carboxylic acids is 2. The maximum atomic E-state index is 13.2. The first-order valence-corrected chi connectivity index (χ1v) is 17.2. The maximum Gasteiger partial charge on any atom is 0.573 e. The van der Waals surface area contributed by atoms with Gasteiger partial charge in [-0.05, 0) is 75.6 Å². The molecule has 0 aromatic heterocycles. The monoisotopic (exact) mass is 738 g/mol. The molecule has 1 aliphatic heterocycles. The summed E-state index contributed by atoms with van der Waals surface area (Å²) in [4.78, 5) is 41.9. The smallest absolute Gasteiger partial charge is 0.444 e. The van der Waals surface area contributed by atoms with E-state index in [-0.39, 0.29) is 29.3 Å². The lowest BCUT2D eigenvalue weighted by Gasteiger charge is -2.35. The van der Waals surface area contributed by atoms with Crippen molar-refractivity contribution in [2.24, 2.45) is 25.8 Å². The lowest BCUT2D eigenvalue weighted by Crippen LogP contribution is -2.52. The van der Waals surface area contributed by atoms with Crippen LogP contribution in [0.1, 0.15) is 43.0 Å². The van der Waals surface area contributed by atoms with Gasteiger partial charge in [0.2, 0.25) is 5.91 Å². The van der Waals surface area contributed by atoms with Crippen LogP contribution in [0.15, 0.2) is 86.8 Å². The molecule has 3 N–H and O–H groups in total. The van der Waals surface area contributed by atoms with Gasteiger partial charge in [0.25, 0.3) is 0 Å². The molecular weight excluding hydrogens is 698 g/mol. The number of aliphatic imine (C=N–C) groups is 3. The van der Waals surface area contributed by atoms with E-state index in [0.29, 0.717) is 42.6 Å². The first-order valence-electron chi connectivity index (χ1n) is 16.2. The third-order valence-corrected chi connectivity index (χ3v) is 8.17. The van der Waals surface area contributed by atoms with Gasteiger partial charge in [0.15, 0.2) is 5.17 Å². The summed E-state index contributed by atoms with van der Waals surface area (Å²) in [6, 6.07) is 18.0. The number of nitrogens with one attached hydrogen (secondary N) is 1. The van der Waals surface area contributed by atoms with E-state index in [0.717, 1.165) is 34.5 Å². The molecule has 0 saturated carbocycles. The van der Waals surface area contributed by atoms with E-state index in [1.54, 1.807) is 40.3 Å². The molecule has 0 aliphatic carbocycles. The Morgan fingerprint density at radius 3 is 2.13 bits per heavy atom. The number of hydrazone groups is 1. The van der Waals surface area contributed by atoms with E-state index >= 15 is 0 Å². The molecule has 0 spiro atoms. The average Bonchev–Trinajstić information content (AvgIpc) is 3.08. The number of ether oxygens (including phenoxy) is 2. The highest BCUT2D eigenvalue weighted by Gasteiger charge is 2.31. The third kappa shape index (κ3) is 12.7. The Hall–Kier alpha value is -5.38. The molecule has 2 amide bonds. The van der Waals surface area contributed by atoms with Gasteiger partial charge < -0.3 is 25.0 Å². The number of amides is 2. The Morgan fingerprint density at radius 2 is 1.54 bits per heavy atom. The van der Waals surface area contributed by atoms with Crippen LogP contribution in [0.2, 0.25) is 0 Å². The van der Waals surface area contributed by atoms with Crippen molar-refractivity contribution >= 4 is 58.7 Å². The van der Waals surface area contributed by atoms with Gasteiger partial charge in [0.1, 0.15) is 23.5 Å². The van der Waals surface area contributed by atoms with Crippen molar-refractivity contribution < 1.29 is 32.2 Å². The largest absolute Gasteiger partial charge is 0.573 e. The molecule has 1 aliphatic rings. The van der Waals surface area contributed by atoms with E-state index in [1.807, 2.05) is 52.8 Å². The minimum Gasteiger partial charge on any atom is -0.444 e. The predicted octanol–water partition coefficient (Wildman–Crippen LogP) is 6.69. The Balaban J connectivity index is 1.36. The van der Waals surface area contributed by atoms with Gasteiger partial charge >= 0.3 is 12.5 Å². The number of rotatable bonds is 9. The van der Waals surface area contributed by atoms with Gasteiger partial charge in [0, 0.05) is 31.7 Å². The average molecular weight is 739 g/mol. The standard InChI is InChI=1S/C36H41F3N8O4S/c1-24-7-6-8-25(2)31(24)44-33(52-22-30(48)46-17-19-47(20-18-46)34(49)51-35(3,4)5)45-43-21-26-9-11-27(12-10-26)32(40)42-23-41-28-13-15-29(16-14-28)50-36(37,38)39/h6-16,21,23H,17-20,22H2,1-5H3,(H,44,45)(H2,40,41,42)/b43-21-. The molecule has 1 saturated heterocycles. The zero-order chi connectivity index (χ0) is 37.9. The molecule has 0 unspecified atom stereocenters. The fourth-order valence-electron chi connectivity index (χ4n) is 4.73. The fraction of sp³-hybridized carbons (Fsp3) is 0.333. The summed E-state index contributed by atoms with van der Waals surface area (Å²) in [5, 5.41) is 4.80. The number of hydrogen-bond donors (Lipinski definition) is 2. The summed E-state index contributed by atoms with van der Waals surface area (Å²) >= 11 is 1.23. The van der Waals surface area contributed by atoms with Crippen LogP contribution in [-0.4, -0.2) is 89.3 Å². The highest BCUT2D eigenvalue weighted by Crippen LogP contribution is 2.26. The SMILES string of the molecule is Cc1cccc(C)c1N=C(N/N=C\c1ccc(C(N)=NC=Nc2ccc(OC(F)(F)F)cc2)cc1)SCC(=O)N1CCN(C(=O)OC(C)(C)C)CC1. The van der Waals surface area contributed by atoms with Crippen molar-refractivity contribution in [3.05, 3.63) is 89.0 Å². The van der Waals surface area contributed by atoms with Crippen molar-refractivity contribution in [1.82, 2.24) is 15.2 Å². The number of benzene rings is 3. The normalized spacial score (nSPS) is 14.6. The number of thioether (sulfide) groups is 1. The van der Waals surface area contributed by atoms with Crippen molar-refractivity contribution in [3.63, 3.8) is 0 Å². The molecule has 1 heterocycles. The molecule has 3 aromatic rings. The molecule has 276 valence electrons. The maximum absolute atomic E-state index is 13.2. The molecule has 0 bridgehead atoms. The van der Waals surface area contributed by atoms with E-state index in [9.17, 15) is 22.8 Å². The van der Waals surface area contributed by atoms with E-state index < -0.39 is 12.0 Å². The molecule has 12 nitrogen and oxygen atoms in total. The minimum atomic E-state index is -4.77. The summed E-state index contributed by atoms with van der Waals surface area (Å²) in [5.74, 6) is -0.136. The Morgan fingerprint density at radius 1 is 0.923 bits per heavy atom. The van der Waals surface area contributed by atoms with Gasteiger partial charge in [-0.3, -0.25) is 10.2 Å². The van der Waals surface area contributed by atoms with E-state index in [1.165, 1.54) is 30.2 Å². The fourth-order valence-corrected chi connectivity index (χ4v) is 5.44. The van der Waals surface area contributed by atoms with Gasteiger partial charge in [-0.2, -0.15) is 5.10 Å². The Kier molecular flexibility index (Phi) is 13.4. The predicted molar refractivity (Wildman–Crippen MR) is 199 cm³/mol. The molecular formula is C36H41F3N8O4S. The third-order valence-electron chi connectivity index (χ3n) is 7.32. The quantitative estimate of drug-likeness (QED) is 0.141. The lowest BCUT2D eigenvalue weighted by molar-refractivity contribution is -0.274. The molecule has 0 atom stereocenters. The second kappa shape index (κ2) is 17.7. The second-order valence-corrected chi connectivity index (χ2v) is 13.6. The van der Waals surface area contributed by atoms with E-state index in [4.69, 9.17) is 15.5 Å². The molecule has 16 heteroatoms. The van der Waals surface area contributed by atoms with Crippen molar-refractivity contribution in [3.8, 4) is 5.75 Å². The van der Waals surface area contributed by atoms with Crippen LogP contribution in [0.4, 0.5) is 29.3 Å². The number of piperazine rings is 1. The van der Waals surface area contributed by atoms with Crippen molar-refractivity contribution in [2.75, 3.05) is 31.9 Å². The van der Waals surface area contributed by atoms with Crippen LogP contribution < -0.4 is 15.9 Å². The number of para-hydroxylation sites is 1. The van der Waals surface area contributed by atoms with E-state index in [2.05, 4.69) is 25.2 Å². The second-order valence-electron chi connectivity index (χ2n) is 12.6. The highest BCUT2D eigenvalue weighted by atomic mass is 32.2. The van der Waals surface area contributed by atoms with Gasteiger partial charge in [-0.25, -0.2) is 19.8 Å². The number of halogens is 3. The van der Waals surface area contributed by atoms with Gasteiger partial charge in [-0.1, -0.05) is 54.2 Å². The Bertz CT molecular complexity index is 1790. The van der Waals surface area contributed by atoms with Crippen LogP contribution in [0.3, 0.4) is 0 Å². The number of nitrogens with zero attached hydrogens (tertiary/aromatic N) is 6. The van der Waals surface area contributed by atoms with Crippen molar-refractivity contribution in [2.45, 2.75) is 46.6 Å². The number of alkyl halides is 3. The molecule has 3 aromatic carbocycles. The van der Waals surface area contributed by atoms with Crippen LogP contribution in [0.5, 0.6) is 5.75 Å². The van der Waals surface area contributed by atoms with Gasteiger partial charge in [-0.15, -0.1) is 13.2 Å². The zero-order valence-electron chi connectivity index (χ0n) is 29.5. The molecule has 4 rings (SSSR count). The summed E-state index contributed by atoms with van der Waals surface area (Å²) in [7, 11) is 0. The molecule has 1 fully saturated rings. The summed E-state index contributed by atoms with van der Waals surface area (Å²) in [5.41, 5.74) is 12.9. The minimum absolute atomic E-state index is 0.0813. The zero-order valence-corrected chi connectivity index (χ0v) is 30.3. The molecule has 52 heavy (non-hydrogen) atoms. The topological polar surface area (TPSA) is 147 Å². The first-order chi connectivity index (χ1) is 24.6. The number of carbonyl (C=O) groups is 2. The number of aryl methyl sites for hydroxylation is 2. The van der Waals surface area contributed by atoms with Crippen LogP contribution in [0.25, 0.3) is 0 Å². The van der Waals surface area contributed by atoms with Crippen LogP contribution >= 0.6 is 11.8 Å². The first kappa shape index (κ1) is 39.4. The van der Waals surface area contributed by atoms with Gasteiger partial charge in [0.05, 0.1) is 23.3 Å². The molecule has 0 radical (unpaired) electrons. The number of hydrogen-bond acceptors (Lipinski definition) is 8. The number of amidine groups is 2. The summed E-state index contributed by atoms with van der Waals surface area (Å²) < 4.78 is 46.3. The summed E-state index contributed by atoms with van der Waals surface area (Å²) in [6.45, 7) is 11.0. The van der Waals surface area contributed by atoms with Crippen LogP contribution in [0, 0.1) is 13.8 Å². The lowest BCUT2D eigenvalue weighted by atomic mass is 10.1. The highest BCUT2D eigenvalue weighted by molar-refractivity contribution is 8.14. The van der Waals surface area contributed by atoms with Crippen LogP contribution in [-0.2, 0) is 9.53 Å². The van der Waals surface area contributed by atoms with Crippen molar-refractivity contribution in [1.29, 1.82) is 0 Å². The summed E-state index contributed by atoms with van der Waals surface area (Å²) in [6.07, 6.45) is -2.35. The Labute approximate surface area is 304 Å².